The molecule has 1 saturated heterocycles. The molecule has 1 fully saturated rings. The Kier molecular flexibility index (Phi) is 7.32. The Bertz CT molecular complexity index is 227. The number of hydrogen-bond donors (Lipinski definition) is 1. The lowest BCUT2D eigenvalue weighted by Crippen LogP contribution is -2.43. The molecule has 1 aliphatic rings. The van der Waals surface area contributed by atoms with Gasteiger partial charge in [-0.05, 0) is 51.7 Å². The zero-order valence-corrected chi connectivity index (χ0v) is 12.4. The first kappa shape index (κ1) is 15.1. The molecule has 1 rings (SSSR count). The minimum atomic E-state index is -0.666. The Labute approximate surface area is 109 Å². The molecule has 0 bridgehead atoms. The third-order valence-corrected chi connectivity index (χ3v) is 4.51. The van der Waals surface area contributed by atoms with Crippen molar-refractivity contribution in [1.29, 1.82) is 0 Å². The van der Waals surface area contributed by atoms with Gasteiger partial charge in [-0.2, -0.15) is 0 Å². The van der Waals surface area contributed by atoms with Crippen LogP contribution in [0.2, 0.25) is 0 Å². The fourth-order valence-corrected chi connectivity index (χ4v) is 3.00. The van der Waals surface area contributed by atoms with Crippen LogP contribution >= 0.6 is 0 Å². The largest absolute Gasteiger partial charge is 0.313 e. The van der Waals surface area contributed by atoms with Crippen molar-refractivity contribution in [3.05, 3.63) is 0 Å². The number of hydrogen-bond acceptors (Lipinski definition) is 3. The minimum Gasteiger partial charge on any atom is -0.313 e. The van der Waals surface area contributed by atoms with E-state index in [2.05, 4.69) is 24.1 Å². The highest BCUT2D eigenvalue weighted by molar-refractivity contribution is 7.84. The van der Waals surface area contributed by atoms with E-state index in [0.29, 0.717) is 6.04 Å². The summed E-state index contributed by atoms with van der Waals surface area (Å²) in [6.45, 7) is 9.18. The summed E-state index contributed by atoms with van der Waals surface area (Å²) in [5.41, 5.74) is 0. The summed E-state index contributed by atoms with van der Waals surface area (Å²) in [5.74, 6) is 1.58. The molecule has 17 heavy (non-hydrogen) atoms. The van der Waals surface area contributed by atoms with Gasteiger partial charge in [0.25, 0.3) is 0 Å². The van der Waals surface area contributed by atoms with Gasteiger partial charge in [-0.25, -0.2) is 0 Å². The van der Waals surface area contributed by atoms with Crippen LogP contribution in [0.15, 0.2) is 0 Å². The van der Waals surface area contributed by atoms with Gasteiger partial charge in [-0.15, -0.1) is 0 Å². The van der Waals surface area contributed by atoms with Crippen molar-refractivity contribution < 1.29 is 4.21 Å². The van der Waals surface area contributed by atoms with Crippen molar-refractivity contribution in [2.45, 2.75) is 39.2 Å². The fraction of sp³-hybridized carbons (Fsp3) is 1.00. The van der Waals surface area contributed by atoms with Gasteiger partial charge in [0, 0.05) is 35.4 Å². The predicted molar refractivity (Wildman–Crippen MR) is 75.9 cm³/mol. The van der Waals surface area contributed by atoms with Crippen molar-refractivity contribution in [3.8, 4) is 0 Å². The van der Waals surface area contributed by atoms with E-state index in [1.165, 1.54) is 38.9 Å². The van der Waals surface area contributed by atoms with Gasteiger partial charge in [0.15, 0.2) is 0 Å². The highest BCUT2D eigenvalue weighted by atomic mass is 32.2. The van der Waals surface area contributed by atoms with Crippen LogP contribution in [0.5, 0.6) is 0 Å². The summed E-state index contributed by atoms with van der Waals surface area (Å²) in [7, 11) is -0.666. The molecule has 0 aromatic rings. The van der Waals surface area contributed by atoms with E-state index in [-0.39, 0.29) is 0 Å². The van der Waals surface area contributed by atoms with E-state index in [1.807, 2.05) is 0 Å². The Balaban J connectivity index is 2.16. The van der Waals surface area contributed by atoms with Gasteiger partial charge in [-0.3, -0.25) is 4.21 Å². The maximum Gasteiger partial charge on any atom is 0.0357 e. The lowest BCUT2D eigenvalue weighted by atomic mass is 9.90. The van der Waals surface area contributed by atoms with Crippen LogP contribution in [-0.4, -0.2) is 53.3 Å². The highest BCUT2D eigenvalue weighted by Crippen LogP contribution is 2.20. The predicted octanol–water partition coefficient (Wildman–Crippen LogP) is 1.46. The monoisotopic (exact) mass is 260 g/mol. The average Bonchev–Trinajstić information content (AvgIpc) is 2.30. The van der Waals surface area contributed by atoms with Gasteiger partial charge in [0.05, 0.1) is 0 Å². The van der Waals surface area contributed by atoms with Crippen molar-refractivity contribution >= 4 is 10.8 Å². The van der Waals surface area contributed by atoms with Crippen LogP contribution in [0.4, 0.5) is 0 Å². The van der Waals surface area contributed by atoms with Gasteiger partial charge in [-0.1, -0.05) is 6.92 Å². The second-order valence-electron chi connectivity index (χ2n) is 5.20. The number of rotatable bonds is 7. The molecule has 0 radical (unpaired) electrons. The molecular formula is C13H28N2OS. The Hall–Kier alpha value is 0.0700. The van der Waals surface area contributed by atoms with Crippen LogP contribution in [0.25, 0.3) is 0 Å². The lowest BCUT2D eigenvalue weighted by Gasteiger charge is -2.35. The third-order valence-electron chi connectivity index (χ3n) is 3.74. The fourth-order valence-electron chi connectivity index (χ4n) is 2.59. The van der Waals surface area contributed by atoms with Crippen molar-refractivity contribution in [1.82, 2.24) is 10.2 Å². The summed E-state index contributed by atoms with van der Waals surface area (Å²) >= 11 is 0. The molecule has 0 spiro atoms. The van der Waals surface area contributed by atoms with Crippen LogP contribution in [0.3, 0.4) is 0 Å². The minimum absolute atomic E-state index is 0.572. The molecule has 1 aliphatic heterocycles. The number of likely N-dealkylation sites (tertiary alicyclic amines) is 1. The Morgan fingerprint density at radius 3 is 2.59 bits per heavy atom. The van der Waals surface area contributed by atoms with Gasteiger partial charge < -0.3 is 10.2 Å². The summed E-state index contributed by atoms with van der Waals surface area (Å²) in [6, 6.07) is 0.572. The van der Waals surface area contributed by atoms with Crippen molar-refractivity contribution in [3.63, 3.8) is 0 Å². The van der Waals surface area contributed by atoms with Crippen LogP contribution in [0.1, 0.15) is 33.1 Å². The lowest BCUT2D eigenvalue weighted by molar-refractivity contribution is 0.163. The van der Waals surface area contributed by atoms with E-state index in [0.717, 1.165) is 18.2 Å². The molecule has 0 amide bonds. The Morgan fingerprint density at radius 1 is 1.41 bits per heavy atom. The molecule has 102 valence electrons. The SMILES string of the molecule is CCCN1CCC(C(C)NCCS(C)=O)CC1. The first-order valence-corrected chi connectivity index (χ1v) is 8.62. The molecule has 4 heteroatoms. The zero-order valence-electron chi connectivity index (χ0n) is 11.6. The molecular weight excluding hydrogens is 232 g/mol. The quantitative estimate of drug-likeness (QED) is 0.752. The van der Waals surface area contributed by atoms with Crippen LogP contribution in [0, 0.1) is 5.92 Å². The molecule has 2 unspecified atom stereocenters. The van der Waals surface area contributed by atoms with Gasteiger partial charge in [0.2, 0.25) is 0 Å². The maximum absolute atomic E-state index is 11.0. The van der Waals surface area contributed by atoms with Gasteiger partial charge in [0.1, 0.15) is 0 Å². The highest BCUT2D eigenvalue weighted by Gasteiger charge is 2.22. The summed E-state index contributed by atoms with van der Waals surface area (Å²) in [4.78, 5) is 2.57. The molecule has 0 aromatic heterocycles. The van der Waals surface area contributed by atoms with E-state index >= 15 is 0 Å². The van der Waals surface area contributed by atoms with E-state index < -0.39 is 10.8 Å². The second-order valence-corrected chi connectivity index (χ2v) is 6.75. The number of nitrogens with zero attached hydrogens (tertiary/aromatic N) is 1. The second kappa shape index (κ2) is 8.22. The topological polar surface area (TPSA) is 32.3 Å². The van der Waals surface area contributed by atoms with E-state index in [4.69, 9.17) is 0 Å². The molecule has 0 aliphatic carbocycles. The average molecular weight is 260 g/mol. The van der Waals surface area contributed by atoms with Crippen molar-refractivity contribution in [2.75, 3.05) is 38.2 Å². The Morgan fingerprint density at radius 2 is 2.06 bits per heavy atom. The first-order chi connectivity index (χ1) is 8.13. The van der Waals surface area contributed by atoms with Crippen LogP contribution < -0.4 is 5.32 Å². The van der Waals surface area contributed by atoms with Gasteiger partial charge >= 0.3 is 0 Å². The summed E-state index contributed by atoms with van der Waals surface area (Å²) < 4.78 is 11.0. The molecule has 3 nitrogen and oxygen atoms in total. The summed E-state index contributed by atoms with van der Waals surface area (Å²) in [6.07, 6.45) is 5.66. The number of piperidine rings is 1. The van der Waals surface area contributed by atoms with E-state index in [9.17, 15) is 4.21 Å². The summed E-state index contributed by atoms with van der Waals surface area (Å²) in [5, 5.41) is 3.52. The smallest absolute Gasteiger partial charge is 0.0357 e. The normalized spacial score (nSPS) is 22.5. The zero-order chi connectivity index (χ0) is 12.7. The first-order valence-electron chi connectivity index (χ1n) is 6.89. The number of nitrogens with one attached hydrogen (secondary N) is 1. The molecule has 1 N–H and O–H groups in total. The van der Waals surface area contributed by atoms with Crippen LogP contribution in [-0.2, 0) is 10.8 Å². The molecule has 0 aromatic carbocycles. The molecule has 0 saturated carbocycles. The molecule has 1 heterocycles. The third kappa shape index (κ3) is 5.98. The van der Waals surface area contributed by atoms with Crippen molar-refractivity contribution in [2.24, 2.45) is 5.92 Å². The molecule has 2 atom stereocenters. The standard InChI is InChI=1S/C13H28N2OS/c1-4-8-15-9-5-13(6-10-15)12(2)14-7-11-17(3)16/h12-14H,4-11H2,1-3H3. The van der Waals surface area contributed by atoms with E-state index in [1.54, 1.807) is 6.26 Å². The maximum atomic E-state index is 11.0.